The minimum Gasteiger partial charge on any atom is -0.437 e. The summed E-state index contributed by atoms with van der Waals surface area (Å²) >= 11 is 6.33. The molecule has 1 saturated heterocycles. The third-order valence-electron chi connectivity index (χ3n) is 4.28. The molecule has 6 nitrogen and oxygen atoms in total. The maximum absolute atomic E-state index is 11.9. The number of carbonyl (C=O) groups is 2. The van der Waals surface area contributed by atoms with Crippen molar-refractivity contribution in [2.75, 3.05) is 11.4 Å². The van der Waals surface area contributed by atoms with Crippen LogP contribution in [-0.2, 0) is 9.59 Å². The lowest BCUT2D eigenvalue weighted by Gasteiger charge is -2.17. The van der Waals surface area contributed by atoms with Crippen LogP contribution in [0, 0.1) is 0 Å². The van der Waals surface area contributed by atoms with Crippen molar-refractivity contribution in [3.05, 3.63) is 53.2 Å². The molecular formula is C21H22ClN3O3. The molecule has 3 rings (SSSR count). The Labute approximate surface area is 169 Å². The van der Waals surface area contributed by atoms with Crippen LogP contribution in [0.25, 0.3) is 6.08 Å². The van der Waals surface area contributed by atoms with Gasteiger partial charge in [-0.05, 0) is 43.2 Å². The third kappa shape index (κ3) is 5.10. The number of hydrogen-bond donors (Lipinski definition) is 1. The highest BCUT2D eigenvalue weighted by atomic mass is 35.5. The van der Waals surface area contributed by atoms with E-state index in [1.807, 2.05) is 31.2 Å². The van der Waals surface area contributed by atoms with Crippen molar-refractivity contribution < 1.29 is 14.3 Å². The Hall–Kier alpha value is -2.86. The smallest absolute Gasteiger partial charge is 0.227 e. The first-order valence-corrected chi connectivity index (χ1v) is 9.49. The lowest BCUT2D eigenvalue weighted by Crippen LogP contribution is -2.28. The summed E-state index contributed by atoms with van der Waals surface area (Å²) in [6, 6.07) is 8.86. The quantitative estimate of drug-likeness (QED) is 0.790. The summed E-state index contributed by atoms with van der Waals surface area (Å²) in [6.07, 6.45) is 6.88. The van der Waals surface area contributed by atoms with Gasteiger partial charge in [0.05, 0.1) is 5.02 Å². The Bertz CT molecular complexity index is 896. The van der Waals surface area contributed by atoms with Crippen LogP contribution in [0.4, 0.5) is 5.69 Å². The zero-order valence-corrected chi connectivity index (χ0v) is 16.6. The second kappa shape index (κ2) is 8.89. The number of halogens is 1. The van der Waals surface area contributed by atoms with Gasteiger partial charge in [0.25, 0.3) is 0 Å². The lowest BCUT2D eigenvalue weighted by molar-refractivity contribution is -0.119. The van der Waals surface area contributed by atoms with E-state index in [4.69, 9.17) is 16.3 Å². The lowest BCUT2D eigenvalue weighted by atomic mass is 10.2. The number of hydrogen-bond acceptors (Lipinski definition) is 4. The Morgan fingerprint density at radius 2 is 2.18 bits per heavy atom. The highest BCUT2D eigenvalue weighted by Gasteiger charge is 2.22. The molecule has 1 fully saturated rings. The van der Waals surface area contributed by atoms with E-state index in [9.17, 15) is 9.59 Å². The zero-order chi connectivity index (χ0) is 20.1. The van der Waals surface area contributed by atoms with Crippen LogP contribution in [0.15, 0.2) is 42.6 Å². The molecule has 7 heteroatoms. The molecule has 0 bridgehead atoms. The summed E-state index contributed by atoms with van der Waals surface area (Å²) in [7, 11) is 0. The Morgan fingerprint density at radius 1 is 1.36 bits per heavy atom. The van der Waals surface area contributed by atoms with Gasteiger partial charge in [-0.25, -0.2) is 4.98 Å². The van der Waals surface area contributed by atoms with Crippen LogP contribution < -0.4 is 15.0 Å². The van der Waals surface area contributed by atoms with Crippen LogP contribution in [0.5, 0.6) is 11.6 Å². The van der Waals surface area contributed by atoms with Gasteiger partial charge in [0.15, 0.2) is 0 Å². The first kappa shape index (κ1) is 19.9. The number of aromatic nitrogens is 1. The number of amides is 2. The van der Waals surface area contributed by atoms with Crippen molar-refractivity contribution in [1.29, 1.82) is 0 Å². The molecule has 1 N–H and O–H groups in total. The normalized spacial score (nSPS) is 15.1. The van der Waals surface area contributed by atoms with Crippen molar-refractivity contribution in [2.45, 2.75) is 32.7 Å². The minimum atomic E-state index is -0.0731. The number of carbonyl (C=O) groups excluding carboxylic acids is 2. The van der Waals surface area contributed by atoms with E-state index in [1.54, 1.807) is 29.3 Å². The maximum atomic E-state index is 11.9. The number of nitrogens with zero attached hydrogens (tertiary/aromatic N) is 2. The van der Waals surface area contributed by atoms with Gasteiger partial charge in [0.1, 0.15) is 5.75 Å². The highest BCUT2D eigenvalue weighted by Crippen LogP contribution is 2.33. The van der Waals surface area contributed by atoms with Crippen molar-refractivity contribution in [3.63, 3.8) is 0 Å². The van der Waals surface area contributed by atoms with E-state index in [-0.39, 0.29) is 17.9 Å². The van der Waals surface area contributed by atoms with Crippen LogP contribution in [0.2, 0.25) is 5.02 Å². The largest absolute Gasteiger partial charge is 0.437 e. The van der Waals surface area contributed by atoms with Gasteiger partial charge in [-0.2, -0.15) is 0 Å². The molecule has 2 aromatic rings. The van der Waals surface area contributed by atoms with E-state index in [1.165, 1.54) is 6.92 Å². The van der Waals surface area contributed by atoms with E-state index in [0.717, 1.165) is 17.7 Å². The summed E-state index contributed by atoms with van der Waals surface area (Å²) in [4.78, 5) is 28.9. The third-order valence-corrected chi connectivity index (χ3v) is 4.58. The Kier molecular flexibility index (Phi) is 6.31. The summed E-state index contributed by atoms with van der Waals surface area (Å²) in [5.74, 6) is 0.935. The van der Waals surface area contributed by atoms with Crippen molar-refractivity contribution >= 4 is 35.2 Å². The monoisotopic (exact) mass is 399 g/mol. The summed E-state index contributed by atoms with van der Waals surface area (Å²) in [5.41, 5.74) is 1.67. The minimum absolute atomic E-state index is 0.0618. The van der Waals surface area contributed by atoms with E-state index >= 15 is 0 Å². The standard InChI is InChI=1S/C21H22ClN3O3/c1-14(24-15(2)26)5-6-16-7-10-20(23-13-16)28-19-9-8-17(12-18(19)22)25-11-3-4-21(25)27/h5-10,12-14H,3-4,11H2,1-2H3,(H,24,26)/b6-5+/t14-/m0/s1. The average Bonchev–Trinajstić information content (AvgIpc) is 3.08. The first-order chi connectivity index (χ1) is 13.4. The zero-order valence-electron chi connectivity index (χ0n) is 15.8. The summed E-state index contributed by atoms with van der Waals surface area (Å²) in [6.45, 7) is 4.09. The van der Waals surface area contributed by atoms with Gasteiger partial charge in [-0.15, -0.1) is 0 Å². The SMILES string of the molecule is CC(=O)N[C@@H](C)/C=C/c1ccc(Oc2ccc(N3CCCC3=O)cc2Cl)nc1. The summed E-state index contributed by atoms with van der Waals surface area (Å²) in [5, 5.41) is 3.20. The predicted octanol–water partition coefficient (Wildman–Crippen LogP) is 4.19. The highest BCUT2D eigenvalue weighted by molar-refractivity contribution is 6.32. The van der Waals surface area contributed by atoms with E-state index in [2.05, 4.69) is 10.3 Å². The predicted molar refractivity (Wildman–Crippen MR) is 110 cm³/mol. The van der Waals surface area contributed by atoms with Crippen LogP contribution in [-0.4, -0.2) is 29.4 Å². The maximum Gasteiger partial charge on any atom is 0.227 e. The number of benzene rings is 1. The van der Waals surface area contributed by atoms with Gasteiger partial charge in [-0.1, -0.05) is 23.8 Å². The summed E-state index contributed by atoms with van der Waals surface area (Å²) < 4.78 is 5.76. The molecule has 0 aliphatic carbocycles. The number of anilines is 1. The molecule has 146 valence electrons. The van der Waals surface area contributed by atoms with Gasteiger partial charge in [0, 0.05) is 43.9 Å². The van der Waals surface area contributed by atoms with Crippen LogP contribution >= 0.6 is 11.6 Å². The fraction of sp³-hybridized carbons (Fsp3) is 0.286. The van der Waals surface area contributed by atoms with Gasteiger partial charge < -0.3 is 15.0 Å². The Morgan fingerprint density at radius 3 is 2.79 bits per heavy atom. The van der Waals surface area contributed by atoms with Crippen LogP contribution in [0.3, 0.4) is 0 Å². The van der Waals surface area contributed by atoms with Gasteiger partial charge in [-0.3, -0.25) is 9.59 Å². The number of rotatable bonds is 6. The molecule has 2 heterocycles. The molecule has 1 aromatic carbocycles. The van der Waals surface area contributed by atoms with Gasteiger partial charge >= 0.3 is 0 Å². The van der Waals surface area contributed by atoms with Crippen molar-refractivity contribution in [2.24, 2.45) is 0 Å². The topological polar surface area (TPSA) is 71.5 Å². The van der Waals surface area contributed by atoms with E-state index in [0.29, 0.717) is 29.6 Å². The first-order valence-electron chi connectivity index (χ1n) is 9.11. The van der Waals surface area contributed by atoms with E-state index < -0.39 is 0 Å². The Balaban J connectivity index is 1.64. The van der Waals surface area contributed by atoms with Crippen LogP contribution in [0.1, 0.15) is 32.3 Å². The molecular weight excluding hydrogens is 378 g/mol. The molecule has 1 aliphatic heterocycles. The molecule has 28 heavy (non-hydrogen) atoms. The molecule has 1 atom stereocenters. The molecule has 0 unspecified atom stereocenters. The average molecular weight is 400 g/mol. The second-order valence-corrected chi connectivity index (χ2v) is 7.05. The second-order valence-electron chi connectivity index (χ2n) is 6.64. The molecule has 0 spiro atoms. The van der Waals surface area contributed by atoms with Crippen molar-refractivity contribution in [3.8, 4) is 11.6 Å². The molecule has 2 amide bonds. The molecule has 0 saturated carbocycles. The fourth-order valence-electron chi connectivity index (χ4n) is 2.95. The van der Waals surface area contributed by atoms with Crippen molar-refractivity contribution in [1.82, 2.24) is 10.3 Å². The van der Waals surface area contributed by atoms with Gasteiger partial charge in [0.2, 0.25) is 17.7 Å². The fourth-order valence-corrected chi connectivity index (χ4v) is 3.16. The number of nitrogens with one attached hydrogen (secondary N) is 1. The molecule has 0 radical (unpaired) electrons. The number of ether oxygens (including phenoxy) is 1. The molecule has 1 aromatic heterocycles. The number of pyridine rings is 1. The molecule has 1 aliphatic rings.